The molecule has 0 radical (unpaired) electrons. The largest absolute Gasteiger partial charge is 0.407 e. The van der Waals surface area contributed by atoms with Gasteiger partial charge in [0.2, 0.25) is 0 Å². The monoisotopic (exact) mass is 458 g/mol. The van der Waals surface area contributed by atoms with Gasteiger partial charge in [-0.2, -0.15) is 0 Å². The molecule has 0 saturated carbocycles. The van der Waals surface area contributed by atoms with Crippen LogP contribution in [0, 0.1) is 0 Å². The number of benzene rings is 2. The van der Waals surface area contributed by atoms with E-state index in [1.54, 1.807) is 21.3 Å². The van der Waals surface area contributed by atoms with Crippen LogP contribution in [0.15, 0.2) is 60.7 Å². The summed E-state index contributed by atoms with van der Waals surface area (Å²) in [5.41, 5.74) is 0. The van der Waals surface area contributed by atoms with Gasteiger partial charge < -0.3 is 18.6 Å². The van der Waals surface area contributed by atoms with Gasteiger partial charge in [0.15, 0.2) is 0 Å². The van der Waals surface area contributed by atoms with Gasteiger partial charge in [-0.25, -0.2) is 0 Å². The third-order valence-electron chi connectivity index (χ3n) is 6.30. The molecule has 0 spiro atoms. The lowest BCUT2D eigenvalue weighted by Crippen LogP contribution is -2.66. The molecule has 4 nitrogen and oxygen atoms in total. The average molecular weight is 459 g/mol. The highest BCUT2D eigenvalue weighted by Crippen LogP contribution is 2.36. The number of ether oxygens (including phenoxy) is 3. The second-order valence-electron chi connectivity index (χ2n) is 9.32. The zero-order chi connectivity index (χ0) is 23.5. The Morgan fingerprint density at radius 2 is 1.06 bits per heavy atom. The molecule has 0 saturated heterocycles. The minimum atomic E-state index is -2.41. The van der Waals surface area contributed by atoms with Crippen LogP contribution in [0.3, 0.4) is 0 Å². The zero-order valence-corrected chi connectivity index (χ0v) is 21.9. The topological polar surface area (TPSA) is 36.9 Å². The second kappa shape index (κ2) is 12.7. The van der Waals surface area contributed by atoms with Gasteiger partial charge in [0.05, 0.1) is 0 Å². The van der Waals surface area contributed by atoms with Gasteiger partial charge in [-0.05, 0) is 28.3 Å². The molecular weight excluding hydrogens is 416 g/mol. The van der Waals surface area contributed by atoms with Crippen molar-refractivity contribution in [2.45, 2.75) is 70.3 Å². The first kappa shape index (κ1) is 26.7. The summed E-state index contributed by atoms with van der Waals surface area (Å²) in [6, 6.07) is 21.7. The second-order valence-corrected chi connectivity index (χ2v) is 13.6. The summed E-state index contributed by atoms with van der Waals surface area (Å²) in [5.74, 6) is -0.910. The standard InChI is InChI=1S/C27H42O4Si/c1-26(2,3)32(24-18-12-10-13-19-24,25-20-14-11-15-21-25)31-23-17-9-7-8-16-22-27(28-4,29-5)30-6/h10-15,18-21H,7-9,16-17,22-23H2,1-6H3. The van der Waals surface area contributed by atoms with Crippen molar-refractivity contribution in [3.05, 3.63) is 60.7 Å². The molecule has 32 heavy (non-hydrogen) atoms. The van der Waals surface area contributed by atoms with Crippen LogP contribution in [-0.4, -0.2) is 42.2 Å². The first-order valence-electron chi connectivity index (χ1n) is 11.8. The van der Waals surface area contributed by atoms with Crippen molar-refractivity contribution >= 4 is 18.7 Å². The number of unbranched alkanes of at least 4 members (excludes halogenated alkanes) is 4. The van der Waals surface area contributed by atoms with Crippen molar-refractivity contribution in [1.82, 2.24) is 0 Å². The lowest BCUT2D eigenvalue weighted by atomic mass is 10.1. The Morgan fingerprint density at radius 3 is 1.50 bits per heavy atom. The highest BCUT2D eigenvalue weighted by Gasteiger charge is 2.49. The van der Waals surface area contributed by atoms with E-state index in [2.05, 4.69) is 81.4 Å². The molecule has 0 unspecified atom stereocenters. The third kappa shape index (κ3) is 6.52. The fourth-order valence-corrected chi connectivity index (χ4v) is 9.12. The van der Waals surface area contributed by atoms with Crippen LogP contribution >= 0.6 is 0 Å². The summed E-state index contributed by atoms with van der Waals surface area (Å²) in [7, 11) is 2.45. The number of hydrogen-bond acceptors (Lipinski definition) is 4. The van der Waals surface area contributed by atoms with Crippen molar-refractivity contribution in [3.8, 4) is 0 Å². The molecule has 2 aromatic carbocycles. The summed E-state index contributed by atoms with van der Waals surface area (Å²) >= 11 is 0. The first-order chi connectivity index (χ1) is 15.3. The van der Waals surface area contributed by atoms with Gasteiger partial charge in [0, 0.05) is 34.4 Å². The Bertz CT molecular complexity index is 706. The van der Waals surface area contributed by atoms with E-state index in [4.69, 9.17) is 18.6 Å². The van der Waals surface area contributed by atoms with Crippen LogP contribution in [0.4, 0.5) is 0 Å². The van der Waals surface area contributed by atoms with E-state index in [1.165, 1.54) is 10.4 Å². The van der Waals surface area contributed by atoms with Crippen molar-refractivity contribution in [1.29, 1.82) is 0 Å². The van der Waals surface area contributed by atoms with Crippen LogP contribution in [-0.2, 0) is 18.6 Å². The van der Waals surface area contributed by atoms with Gasteiger partial charge in [-0.3, -0.25) is 0 Å². The van der Waals surface area contributed by atoms with Crippen LogP contribution in [0.2, 0.25) is 5.04 Å². The fraction of sp³-hybridized carbons (Fsp3) is 0.556. The van der Waals surface area contributed by atoms with Crippen molar-refractivity contribution in [3.63, 3.8) is 0 Å². The number of rotatable bonds is 14. The summed E-state index contributed by atoms with van der Waals surface area (Å²) in [4.78, 5) is 0. The maximum atomic E-state index is 6.96. The molecule has 178 valence electrons. The molecule has 0 aliphatic rings. The van der Waals surface area contributed by atoms with Gasteiger partial charge in [0.25, 0.3) is 14.3 Å². The Kier molecular flexibility index (Phi) is 10.6. The minimum absolute atomic E-state index is 0.0273. The predicted molar refractivity (Wildman–Crippen MR) is 135 cm³/mol. The summed E-state index contributed by atoms with van der Waals surface area (Å²) in [6.45, 7) is 7.76. The average Bonchev–Trinajstić information content (AvgIpc) is 2.81. The number of methoxy groups -OCH3 is 3. The van der Waals surface area contributed by atoms with E-state index in [9.17, 15) is 0 Å². The summed E-state index contributed by atoms with van der Waals surface area (Å²) in [5, 5.41) is 2.71. The van der Waals surface area contributed by atoms with Gasteiger partial charge >= 0.3 is 0 Å². The number of hydrogen-bond donors (Lipinski definition) is 0. The van der Waals surface area contributed by atoms with Gasteiger partial charge in [-0.15, -0.1) is 0 Å². The fourth-order valence-electron chi connectivity index (χ4n) is 4.52. The molecule has 0 atom stereocenters. The molecule has 0 aromatic heterocycles. The van der Waals surface area contributed by atoms with E-state index in [0.717, 1.165) is 45.1 Å². The normalized spacial score (nSPS) is 12.8. The molecule has 5 heteroatoms. The molecule has 0 amide bonds. The molecule has 0 heterocycles. The molecular formula is C27H42O4Si. The quantitative estimate of drug-likeness (QED) is 0.213. The highest BCUT2D eigenvalue weighted by atomic mass is 28.4. The van der Waals surface area contributed by atoms with Crippen LogP contribution in [0.1, 0.15) is 59.3 Å². The Labute approximate surface area is 196 Å². The molecule has 0 bridgehead atoms. The van der Waals surface area contributed by atoms with Crippen LogP contribution in [0.5, 0.6) is 0 Å². The van der Waals surface area contributed by atoms with Crippen LogP contribution < -0.4 is 10.4 Å². The van der Waals surface area contributed by atoms with Crippen molar-refractivity contribution in [2.75, 3.05) is 27.9 Å². The maximum absolute atomic E-state index is 6.96. The maximum Gasteiger partial charge on any atom is 0.282 e. The molecule has 2 rings (SSSR count). The lowest BCUT2D eigenvalue weighted by Gasteiger charge is -2.43. The first-order valence-corrected chi connectivity index (χ1v) is 13.7. The van der Waals surface area contributed by atoms with Crippen molar-refractivity contribution < 1.29 is 18.6 Å². The smallest absolute Gasteiger partial charge is 0.282 e. The molecule has 0 fully saturated rings. The molecule has 2 aromatic rings. The summed E-state index contributed by atoms with van der Waals surface area (Å²) < 4.78 is 23.1. The van der Waals surface area contributed by atoms with E-state index in [-0.39, 0.29) is 5.04 Å². The SMILES string of the molecule is COC(CCCCCCCO[Si](c1ccccc1)(c1ccccc1)C(C)(C)C)(OC)OC. The van der Waals surface area contributed by atoms with E-state index in [0.29, 0.717) is 0 Å². The minimum Gasteiger partial charge on any atom is -0.407 e. The van der Waals surface area contributed by atoms with E-state index in [1.807, 2.05) is 0 Å². The molecule has 0 aliphatic carbocycles. The lowest BCUT2D eigenvalue weighted by molar-refractivity contribution is -0.355. The zero-order valence-electron chi connectivity index (χ0n) is 20.9. The van der Waals surface area contributed by atoms with Crippen molar-refractivity contribution in [2.24, 2.45) is 0 Å². The summed E-state index contributed by atoms with van der Waals surface area (Å²) in [6.07, 6.45) is 6.24. The van der Waals surface area contributed by atoms with Gasteiger partial charge in [-0.1, -0.05) is 101 Å². The van der Waals surface area contributed by atoms with E-state index < -0.39 is 14.3 Å². The predicted octanol–water partition coefficient (Wildman–Crippen LogP) is 5.50. The third-order valence-corrected chi connectivity index (χ3v) is 11.3. The van der Waals surface area contributed by atoms with Gasteiger partial charge in [0.1, 0.15) is 0 Å². The van der Waals surface area contributed by atoms with Crippen LogP contribution in [0.25, 0.3) is 0 Å². The molecule has 0 aliphatic heterocycles. The Morgan fingerprint density at radius 1 is 0.625 bits per heavy atom. The van der Waals surface area contributed by atoms with E-state index >= 15 is 0 Å². The Balaban J connectivity index is 1.98. The Hall–Kier alpha value is -1.50. The highest BCUT2D eigenvalue weighted by molar-refractivity contribution is 6.99. The molecule has 0 N–H and O–H groups in total.